The van der Waals surface area contributed by atoms with E-state index in [0.717, 1.165) is 16.7 Å². The van der Waals surface area contributed by atoms with Crippen LogP contribution in [0.2, 0.25) is 0 Å². The summed E-state index contributed by atoms with van der Waals surface area (Å²) in [5.41, 5.74) is -0.353. The summed E-state index contributed by atoms with van der Waals surface area (Å²) in [7, 11) is 0. The molecule has 2 nitrogen and oxygen atoms in total. The molecular weight excluding hydrogens is 234 g/mol. The van der Waals surface area contributed by atoms with E-state index in [9.17, 15) is 18.4 Å². The maximum Gasteiger partial charge on any atom is 0.327 e. The number of alkyl halides is 2. The Morgan fingerprint density at radius 3 is 2.56 bits per heavy atom. The highest BCUT2D eigenvalue weighted by molar-refractivity contribution is 7.20. The molecule has 0 unspecified atom stereocenters. The van der Waals surface area contributed by atoms with Gasteiger partial charge < -0.3 is 0 Å². The Morgan fingerprint density at radius 2 is 1.94 bits per heavy atom. The fourth-order valence-corrected chi connectivity index (χ4v) is 2.30. The van der Waals surface area contributed by atoms with E-state index in [1.54, 1.807) is 6.07 Å². The van der Waals surface area contributed by atoms with Gasteiger partial charge in [0.1, 0.15) is 0 Å². The first-order valence-electron chi connectivity index (χ1n) is 4.40. The van der Waals surface area contributed by atoms with Crippen LogP contribution in [0, 0.1) is 0 Å². The molecule has 0 N–H and O–H groups in total. The van der Waals surface area contributed by atoms with E-state index in [4.69, 9.17) is 0 Å². The van der Waals surface area contributed by atoms with Gasteiger partial charge in [-0.05, 0) is 17.5 Å². The zero-order chi connectivity index (χ0) is 11.8. The molecule has 2 aromatic rings. The molecule has 0 radical (unpaired) electrons. The average molecular weight is 240 g/mol. The Bertz CT molecular complexity index is 560. The van der Waals surface area contributed by atoms with Gasteiger partial charge in [-0.15, -0.1) is 11.3 Å². The van der Waals surface area contributed by atoms with Gasteiger partial charge in [0.05, 0.1) is 4.88 Å². The third-order valence-corrected chi connectivity index (χ3v) is 3.21. The summed E-state index contributed by atoms with van der Waals surface area (Å²) in [6.45, 7) is 0. The topological polar surface area (TPSA) is 34.1 Å². The largest absolute Gasteiger partial charge is 0.327 e. The summed E-state index contributed by atoms with van der Waals surface area (Å²) in [6, 6.07) is 5.53. The number of aldehydes is 2. The minimum atomic E-state index is -3.47. The van der Waals surface area contributed by atoms with Gasteiger partial charge in [0, 0.05) is 10.3 Å². The fraction of sp³-hybridized carbons (Fsp3) is 0.0909. The molecule has 5 heteroatoms. The second-order valence-corrected chi connectivity index (χ2v) is 4.38. The van der Waals surface area contributed by atoms with Crippen LogP contribution < -0.4 is 0 Å². The first-order chi connectivity index (χ1) is 7.56. The zero-order valence-corrected chi connectivity index (χ0v) is 8.76. The highest BCUT2D eigenvalue weighted by Gasteiger charge is 2.30. The van der Waals surface area contributed by atoms with Crippen LogP contribution in [0.25, 0.3) is 10.1 Å². The number of fused-ring (bicyclic) bond motifs is 1. The Hall–Kier alpha value is -1.62. The number of thiophene rings is 1. The number of hydrogen-bond acceptors (Lipinski definition) is 3. The smallest absolute Gasteiger partial charge is 0.297 e. The Morgan fingerprint density at radius 1 is 1.19 bits per heavy atom. The van der Waals surface area contributed by atoms with Crippen LogP contribution in [0.1, 0.15) is 15.2 Å². The molecule has 0 aliphatic heterocycles. The fourth-order valence-electron chi connectivity index (χ4n) is 1.39. The number of benzene rings is 1. The van der Waals surface area contributed by atoms with Crippen molar-refractivity contribution in [3.63, 3.8) is 0 Å². The molecule has 0 saturated carbocycles. The summed E-state index contributed by atoms with van der Waals surface area (Å²) < 4.78 is 26.7. The molecule has 0 fully saturated rings. The lowest BCUT2D eigenvalue weighted by atomic mass is 10.1. The molecule has 16 heavy (non-hydrogen) atoms. The standard InChI is InChI=1S/C11H6F2O2S/c12-11(13,6-15)8-2-1-7-3-9(5-14)16-10(7)4-8/h1-6H. The van der Waals surface area contributed by atoms with Crippen LogP contribution in [-0.2, 0) is 10.7 Å². The molecule has 0 amide bonds. The quantitative estimate of drug-likeness (QED) is 0.773. The van der Waals surface area contributed by atoms with Gasteiger partial charge in [-0.3, -0.25) is 9.59 Å². The van der Waals surface area contributed by atoms with Crippen LogP contribution in [0.3, 0.4) is 0 Å². The van der Waals surface area contributed by atoms with Gasteiger partial charge >= 0.3 is 5.92 Å². The summed E-state index contributed by atoms with van der Waals surface area (Å²) in [4.78, 5) is 21.2. The van der Waals surface area contributed by atoms with Crippen LogP contribution in [0.15, 0.2) is 24.3 Å². The predicted molar refractivity (Wildman–Crippen MR) is 57.2 cm³/mol. The van der Waals surface area contributed by atoms with Gasteiger partial charge in [-0.2, -0.15) is 8.78 Å². The lowest BCUT2D eigenvalue weighted by Crippen LogP contribution is -2.14. The van der Waals surface area contributed by atoms with Gasteiger partial charge in [-0.1, -0.05) is 12.1 Å². The molecule has 82 valence electrons. The van der Waals surface area contributed by atoms with Crippen LogP contribution >= 0.6 is 11.3 Å². The average Bonchev–Trinajstić information content (AvgIpc) is 2.70. The van der Waals surface area contributed by atoms with Crippen LogP contribution in [0.5, 0.6) is 0 Å². The van der Waals surface area contributed by atoms with E-state index in [2.05, 4.69) is 0 Å². The van der Waals surface area contributed by atoms with Gasteiger partial charge in [0.25, 0.3) is 0 Å². The monoisotopic (exact) mass is 240 g/mol. The molecular formula is C11H6F2O2S. The molecule has 0 spiro atoms. The van der Waals surface area contributed by atoms with Crippen molar-refractivity contribution in [2.45, 2.75) is 5.92 Å². The van der Waals surface area contributed by atoms with E-state index >= 15 is 0 Å². The summed E-state index contributed by atoms with van der Waals surface area (Å²) in [5, 5.41) is 0.720. The van der Waals surface area contributed by atoms with E-state index < -0.39 is 5.92 Å². The van der Waals surface area contributed by atoms with Crippen molar-refractivity contribution in [2.24, 2.45) is 0 Å². The number of rotatable bonds is 3. The van der Waals surface area contributed by atoms with Gasteiger partial charge in [0.2, 0.25) is 0 Å². The van der Waals surface area contributed by atoms with Crippen LogP contribution in [-0.4, -0.2) is 12.6 Å². The SMILES string of the molecule is O=Cc1cc2ccc(C(F)(F)C=O)cc2s1. The van der Waals surface area contributed by atoms with Crippen LogP contribution in [0.4, 0.5) is 8.78 Å². The van der Waals surface area contributed by atoms with Crippen molar-refractivity contribution in [2.75, 3.05) is 0 Å². The molecule has 0 aliphatic carbocycles. The van der Waals surface area contributed by atoms with Crippen molar-refractivity contribution in [3.8, 4) is 0 Å². The van der Waals surface area contributed by atoms with Crippen molar-refractivity contribution in [1.29, 1.82) is 0 Å². The molecule has 1 aromatic heterocycles. The molecule has 0 aliphatic rings. The maximum atomic E-state index is 13.1. The van der Waals surface area contributed by atoms with Crippen molar-refractivity contribution < 1.29 is 18.4 Å². The number of halogens is 2. The lowest BCUT2D eigenvalue weighted by Gasteiger charge is -2.08. The third-order valence-electron chi connectivity index (χ3n) is 2.19. The maximum absolute atomic E-state index is 13.1. The Balaban J connectivity index is 2.59. The first-order valence-corrected chi connectivity index (χ1v) is 5.22. The molecule has 0 bridgehead atoms. The summed E-state index contributed by atoms with van der Waals surface area (Å²) in [5.74, 6) is -3.47. The van der Waals surface area contributed by atoms with E-state index in [0.29, 0.717) is 15.9 Å². The molecule has 0 saturated heterocycles. The molecule has 1 aromatic carbocycles. The van der Waals surface area contributed by atoms with Gasteiger partial charge in [-0.25, -0.2) is 0 Å². The molecule has 0 atom stereocenters. The minimum absolute atomic E-state index is 0.353. The molecule has 2 rings (SSSR count). The lowest BCUT2D eigenvalue weighted by molar-refractivity contribution is -0.130. The van der Waals surface area contributed by atoms with E-state index in [1.807, 2.05) is 0 Å². The number of hydrogen-bond donors (Lipinski definition) is 0. The third kappa shape index (κ3) is 1.74. The number of carbonyl (C=O) groups is 2. The highest BCUT2D eigenvalue weighted by atomic mass is 32.1. The van der Waals surface area contributed by atoms with E-state index in [1.165, 1.54) is 18.2 Å². The second kappa shape index (κ2) is 3.75. The van der Waals surface area contributed by atoms with Crippen molar-refractivity contribution >= 4 is 34.0 Å². The minimum Gasteiger partial charge on any atom is -0.297 e. The predicted octanol–water partition coefficient (Wildman–Crippen LogP) is 3.00. The van der Waals surface area contributed by atoms with Crippen molar-refractivity contribution in [3.05, 3.63) is 34.7 Å². The normalized spacial score (nSPS) is 11.6. The first kappa shape index (κ1) is 10.9. The Kier molecular flexibility index (Phi) is 2.55. The summed E-state index contributed by atoms with van der Waals surface area (Å²) in [6.07, 6.45) is 0.282. The zero-order valence-electron chi connectivity index (χ0n) is 7.94. The van der Waals surface area contributed by atoms with E-state index in [-0.39, 0.29) is 11.8 Å². The molecule has 1 heterocycles. The summed E-state index contributed by atoms with van der Waals surface area (Å²) >= 11 is 1.12. The number of carbonyl (C=O) groups excluding carboxylic acids is 2. The van der Waals surface area contributed by atoms with Gasteiger partial charge in [0.15, 0.2) is 12.6 Å². The second-order valence-electron chi connectivity index (χ2n) is 3.26. The Labute approximate surface area is 93.5 Å². The van der Waals surface area contributed by atoms with Crippen molar-refractivity contribution in [1.82, 2.24) is 0 Å². The highest BCUT2D eigenvalue weighted by Crippen LogP contribution is 2.31.